The number of ether oxygens (including phenoxy) is 1. The maximum Gasteiger partial charge on any atom is 0.362 e. The predicted octanol–water partition coefficient (Wildman–Crippen LogP) is 0.599. The van der Waals surface area contributed by atoms with Crippen molar-refractivity contribution in [3.05, 3.63) is 32.6 Å². The molecule has 0 amide bonds. The molecule has 136 valence electrons. The number of nitrogens with one attached hydrogen (secondary N) is 1. The number of hydrogen-bond acceptors (Lipinski definition) is 6. The lowest BCUT2D eigenvalue weighted by Crippen LogP contribution is -2.48. The number of hydrogen-bond donors (Lipinski definition) is 1. The lowest BCUT2D eigenvalue weighted by Gasteiger charge is -2.36. The third-order valence-corrected chi connectivity index (χ3v) is 6.31. The number of morpholine rings is 1. The molecule has 11 heteroatoms. The fourth-order valence-corrected chi connectivity index (χ4v) is 3.08. The van der Waals surface area contributed by atoms with E-state index in [0.717, 1.165) is 0 Å². The SMILES string of the molecule is Cc1cn(C2CN(C)C[C@@H](COP(=O)(Cl)N(C)C)O2)c(=O)[nH]c1=O. The summed E-state index contributed by atoms with van der Waals surface area (Å²) in [5, 5.41) is 0. The number of nitrogens with zero attached hydrogens (tertiary/aromatic N) is 3. The number of aryl methyl sites for hydroxylation is 1. The van der Waals surface area contributed by atoms with E-state index in [1.54, 1.807) is 21.0 Å². The van der Waals surface area contributed by atoms with E-state index in [9.17, 15) is 14.2 Å². The molecule has 1 saturated heterocycles. The Hall–Kier alpha value is -0.960. The summed E-state index contributed by atoms with van der Waals surface area (Å²) in [5.74, 6) is 0. The van der Waals surface area contributed by atoms with Crippen molar-refractivity contribution in [2.75, 3.05) is 40.8 Å². The molecule has 2 unspecified atom stereocenters. The van der Waals surface area contributed by atoms with Gasteiger partial charge < -0.3 is 9.26 Å². The van der Waals surface area contributed by atoms with Gasteiger partial charge in [0.1, 0.15) is 0 Å². The Kier molecular flexibility index (Phi) is 6.06. The van der Waals surface area contributed by atoms with E-state index in [2.05, 4.69) is 4.98 Å². The molecule has 2 rings (SSSR count). The average molecular weight is 381 g/mol. The van der Waals surface area contributed by atoms with Gasteiger partial charge in [0.2, 0.25) is 0 Å². The molecule has 0 radical (unpaired) electrons. The highest BCUT2D eigenvalue weighted by Gasteiger charge is 2.31. The van der Waals surface area contributed by atoms with Gasteiger partial charge in [-0.1, -0.05) is 0 Å². The Morgan fingerprint density at radius 2 is 2.12 bits per heavy atom. The largest absolute Gasteiger partial charge is 0.362 e. The number of aromatic amines is 1. The summed E-state index contributed by atoms with van der Waals surface area (Å²) in [6.45, 7) is -0.731. The highest BCUT2D eigenvalue weighted by molar-refractivity contribution is 7.83. The van der Waals surface area contributed by atoms with E-state index < -0.39 is 30.5 Å². The van der Waals surface area contributed by atoms with Crippen LogP contribution in [0.2, 0.25) is 0 Å². The van der Waals surface area contributed by atoms with Gasteiger partial charge in [0, 0.05) is 24.8 Å². The van der Waals surface area contributed by atoms with Gasteiger partial charge in [-0.15, -0.1) is 0 Å². The molecule has 2 heterocycles. The van der Waals surface area contributed by atoms with Gasteiger partial charge in [-0.25, -0.2) is 9.46 Å². The van der Waals surface area contributed by atoms with E-state index in [-0.39, 0.29) is 6.61 Å². The molecule has 1 aromatic heterocycles. The summed E-state index contributed by atoms with van der Waals surface area (Å²) < 4.78 is 25.8. The minimum atomic E-state index is -3.38. The summed E-state index contributed by atoms with van der Waals surface area (Å²) in [7, 11) is 5.00. The number of likely N-dealkylation sites (N-methyl/N-ethyl adjacent to an activating group) is 1. The van der Waals surface area contributed by atoms with Crippen LogP contribution < -0.4 is 11.2 Å². The summed E-state index contributed by atoms with van der Waals surface area (Å²) in [5.41, 5.74) is -0.548. The Morgan fingerprint density at radius 1 is 1.46 bits per heavy atom. The Labute approximate surface area is 144 Å². The Morgan fingerprint density at radius 3 is 2.75 bits per heavy atom. The highest BCUT2D eigenvalue weighted by Crippen LogP contribution is 2.54. The first-order chi connectivity index (χ1) is 11.1. The second kappa shape index (κ2) is 7.51. The number of aromatic nitrogens is 2. The Bertz CT molecular complexity index is 749. The summed E-state index contributed by atoms with van der Waals surface area (Å²) in [4.78, 5) is 27.7. The zero-order valence-corrected chi connectivity index (χ0v) is 15.7. The molecule has 0 aliphatic carbocycles. The van der Waals surface area contributed by atoms with Crippen molar-refractivity contribution in [3.8, 4) is 0 Å². The smallest absolute Gasteiger partial charge is 0.350 e. The molecule has 0 spiro atoms. The van der Waals surface area contributed by atoms with E-state index in [1.807, 2.05) is 11.9 Å². The fraction of sp³-hybridized carbons (Fsp3) is 0.692. The van der Waals surface area contributed by atoms with Gasteiger partial charge in [-0.3, -0.25) is 23.8 Å². The topological polar surface area (TPSA) is 96.9 Å². The molecule has 1 aliphatic rings. The molecule has 1 aliphatic heterocycles. The predicted molar refractivity (Wildman–Crippen MR) is 90.6 cm³/mol. The van der Waals surface area contributed by atoms with Gasteiger partial charge in [0.15, 0.2) is 6.23 Å². The molecule has 1 N–H and O–H groups in total. The van der Waals surface area contributed by atoms with Crippen LogP contribution in [0, 0.1) is 6.92 Å². The first-order valence-electron chi connectivity index (χ1n) is 7.38. The van der Waals surface area contributed by atoms with Gasteiger partial charge in [0.05, 0.1) is 12.7 Å². The second-order valence-corrected chi connectivity index (χ2v) is 9.25. The first-order valence-corrected chi connectivity index (χ1v) is 9.86. The van der Waals surface area contributed by atoms with E-state index >= 15 is 0 Å². The minimum absolute atomic E-state index is 0.0247. The molecule has 9 nitrogen and oxygen atoms in total. The Balaban J connectivity index is 2.14. The van der Waals surface area contributed by atoms with Crippen LogP contribution in [0.25, 0.3) is 0 Å². The van der Waals surface area contributed by atoms with Crippen molar-refractivity contribution < 1.29 is 13.8 Å². The van der Waals surface area contributed by atoms with Crippen LogP contribution in [0.15, 0.2) is 15.8 Å². The third-order valence-electron chi connectivity index (χ3n) is 3.69. The molecule has 0 aromatic carbocycles. The van der Waals surface area contributed by atoms with Crippen LogP contribution >= 0.6 is 18.1 Å². The first kappa shape index (κ1) is 19.4. The molecule has 24 heavy (non-hydrogen) atoms. The zero-order chi connectivity index (χ0) is 18.1. The van der Waals surface area contributed by atoms with Gasteiger partial charge in [-0.05, 0) is 39.3 Å². The average Bonchev–Trinajstić information content (AvgIpc) is 2.48. The van der Waals surface area contributed by atoms with Crippen molar-refractivity contribution in [2.24, 2.45) is 0 Å². The second-order valence-electron chi connectivity index (χ2n) is 6.01. The third kappa shape index (κ3) is 4.56. The number of H-pyrrole nitrogens is 1. The van der Waals surface area contributed by atoms with Crippen LogP contribution in [0.5, 0.6) is 0 Å². The fourth-order valence-electron chi connectivity index (χ4n) is 2.33. The van der Waals surface area contributed by atoms with Crippen molar-refractivity contribution >= 4 is 18.1 Å². The maximum absolute atomic E-state index is 12.0. The van der Waals surface area contributed by atoms with Crippen LogP contribution in [0.1, 0.15) is 11.8 Å². The standard InChI is InChI=1S/C13H22ClN4O5P/c1-9-5-18(13(20)15-12(9)19)11-7-17(4)6-10(23-11)8-22-24(14,21)16(2)3/h5,10-11H,6-8H2,1-4H3,(H,15,19,20)/t10-,11?,24?/m0/s1. The highest BCUT2D eigenvalue weighted by atomic mass is 35.7. The van der Waals surface area contributed by atoms with E-state index in [1.165, 1.54) is 15.4 Å². The number of halogens is 1. The molecular weight excluding hydrogens is 359 g/mol. The molecule has 1 fully saturated rings. The maximum atomic E-state index is 12.0. The number of rotatable bonds is 5. The summed E-state index contributed by atoms with van der Waals surface area (Å²) >= 11 is 5.84. The molecule has 3 atom stereocenters. The minimum Gasteiger partial charge on any atom is -0.350 e. The van der Waals surface area contributed by atoms with Gasteiger partial charge >= 0.3 is 12.6 Å². The molecule has 1 aromatic rings. The van der Waals surface area contributed by atoms with Crippen molar-refractivity contribution in [1.82, 2.24) is 19.1 Å². The van der Waals surface area contributed by atoms with E-state index in [4.69, 9.17) is 20.5 Å². The van der Waals surface area contributed by atoms with Crippen LogP contribution in [-0.4, -0.2) is 66.1 Å². The van der Waals surface area contributed by atoms with Crippen LogP contribution in [-0.2, 0) is 13.8 Å². The monoisotopic (exact) mass is 380 g/mol. The van der Waals surface area contributed by atoms with Crippen LogP contribution in [0.4, 0.5) is 0 Å². The quantitative estimate of drug-likeness (QED) is 0.747. The van der Waals surface area contributed by atoms with E-state index in [0.29, 0.717) is 18.7 Å². The lowest BCUT2D eigenvalue weighted by atomic mass is 10.2. The summed E-state index contributed by atoms with van der Waals surface area (Å²) in [6, 6.07) is 0. The summed E-state index contributed by atoms with van der Waals surface area (Å²) in [6.07, 6.45) is 0.462. The molecule has 0 saturated carbocycles. The van der Waals surface area contributed by atoms with Crippen molar-refractivity contribution in [2.45, 2.75) is 19.3 Å². The van der Waals surface area contributed by atoms with Crippen molar-refractivity contribution in [3.63, 3.8) is 0 Å². The van der Waals surface area contributed by atoms with Crippen LogP contribution in [0.3, 0.4) is 0 Å². The zero-order valence-electron chi connectivity index (χ0n) is 14.1. The lowest BCUT2D eigenvalue weighted by molar-refractivity contribution is -0.127. The normalized spacial score (nSPS) is 24.9. The van der Waals surface area contributed by atoms with Gasteiger partial charge in [-0.2, -0.15) is 0 Å². The molecule has 0 bridgehead atoms. The van der Waals surface area contributed by atoms with Crippen molar-refractivity contribution in [1.29, 1.82) is 0 Å². The van der Waals surface area contributed by atoms with Gasteiger partial charge in [0.25, 0.3) is 5.56 Å². The molecular formula is C13H22ClN4O5P.